The lowest BCUT2D eigenvalue weighted by Gasteiger charge is -2.05. The van der Waals surface area contributed by atoms with Crippen LogP contribution in [0.25, 0.3) is 11.3 Å². The van der Waals surface area contributed by atoms with E-state index in [1.807, 2.05) is 25.1 Å². The molecule has 0 fully saturated rings. The van der Waals surface area contributed by atoms with Gasteiger partial charge in [0, 0.05) is 11.8 Å². The lowest BCUT2D eigenvalue weighted by molar-refractivity contribution is 0.0697. The van der Waals surface area contributed by atoms with Crippen LogP contribution in [0.2, 0.25) is 0 Å². The van der Waals surface area contributed by atoms with Crippen LogP contribution >= 0.6 is 0 Å². The number of hydrogen-bond acceptors (Lipinski definition) is 2. The van der Waals surface area contributed by atoms with Crippen molar-refractivity contribution in [2.45, 2.75) is 6.92 Å². The van der Waals surface area contributed by atoms with Crippen LogP contribution in [-0.2, 0) is 0 Å². The van der Waals surface area contributed by atoms with Gasteiger partial charge in [-0.05, 0) is 36.8 Å². The summed E-state index contributed by atoms with van der Waals surface area (Å²) in [5, 5.41) is 8.93. The molecule has 0 aliphatic heterocycles. The second-order valence-corrected chi connectivity index (χ2v) is 3.55. The SMILES string of the molecule is Cc1ccc(C(=O)O)cc1-c1ccccn1. The highest BCUT2D eigenvalue weighted by Gasteiger charge is 2.08. The zero-order chi connectivity index (χ0) is 11.5. The molecule has 0 spiro atoms. The first kappa shape index (κ1) is 10.4. The number of aromatic nitrogens is 1. The molecule has 2 rings (SSSR count). The van der Waals surface area contributed by atoms with Crippen molar-refractivity contribution < 1.29 is 9.90 Å². The van der Waals surface area contributed by atoms with Crippen LogP contribution in [0.4, 0.5) is 0 Å². The Kier molecular flexibility index (Phi) is 2.68. The molecule has 3 heteroatoms. The van der Waals surface area contributed by atoms with Gasteiger partial charge in [0.2, 0.25) is 0 Å². The Labute approximate surface area is 93.4 Å². The molecule has 0 aliphatic carbocycles. The van der Waals surface area contributed by atoms with Crippen molar-refractivity contribution in [1.82, 2.24) is 4.98 Å². The minimum atomic E-state index is -0.919. The number of carboxylic acid groups (broad SMARTS) is 1. The number of hydrogen-bond donors (Lipinski definition) is 1. The van der Waals surface area contributed by atoms with E-state index < -0.39 is 5.97 Å². The summed E-state index contributed by atoms with van der Waals surface area (Å²) < 4.78 is 0. The first-order valence-corrected chi connectivity index (χ1v) is 4.94. The Bertz CT molecular complexity index is 521. The molecule has 0 radical (unpaired) electrons. The first-order chi connectivity index (χ1) is 7.68. The molecule has 0 atom stereocenters. The third-order valence-corrected chi connectivity index (χ3v) is 2.43. The van der Waals surface area contributed by atoms with Crippen molar-refractivity contribution >= 4 is 5.97 Å². The van der Waals surface area contributed by atoms with Crippen LogP contribution in [0.5, 0.6) is 0 Å². The van der Waals surface area contributed by atoms with Crippen LogP contribution in [-0.4, -0.2) is 16.1 Å². The Morgan fingerprint density at radius 2 is 2.06 bits per heavy atom. The average molecular weight is 213 g/mol. The molecule has 0 saturated carbocycles. The molecule has 16 heavy (non-hydrogen) atoms. The molecular weight excluding hydrogens is 202 g/mol. The number of aryl methyl sites for hydroxylation is 1. The Morgan fingerprint density at radius 3 is 2.69 bits per heavy atom. The summed E-state index contributed by atoms with van der Waals surface area (Å²) >= 11 is 0. The maximum Gasteiger partial charge on any atom is 0.335 e. The molecule has 80 valence electrons. The van der Waals surface area contributed by atoms with E-state index in [-0.39, 0.29) is 5.56 Å². The zero-order valence-corrected chi connectivity index (χ0v) is 8.84. The van der Waals surface area contributed by atoms with Crippen molar-refractivity contribution in [2.75, 3.05) is 0 Å². The second kappa shape index (κ2) is 4.14. The lowest BCUT2D eigenvalue weighted by Crippen LogP contribution is -1.97. The van der Waals surface area contributed by atoms with Gasteiger partial charge in [-0.15, -0.1) is 0 Å². The molecule has 1 aromatic carbocycles. The summed E-state index contributed by atoms with van der Waals surface area (Å²) in [6.07, 6.45) is 1.70. The van der Waals surface area contributed by atoms with Crippen molar-refractivity contribution in [1.29, 1.82) is 0 Å². The molecule has 0 saturated heterocycles. The van der Waals surface area contributed by atoms with E-state index in [0.717, 1.165) is 16.8 Å². The fourth-order valence-corrected chi connectivity index (χ4v) is 1.55. The van der Waals surface area contributed by atoms with Gasteiger partial charge in [0.1, 0.15) is 0 Å². The fourth-order valence-electron chi connectivity index (χ4n) is 1.55. The standard InChI is InChI=1S/C13H11NO2/c1-9-5-6-10(13(15)16)8-11(9)12-4-2-3-7-14-12/h2-8H,1H3,(H,15,16). The molecule has 0 unspecified atom stereocenters. The summed E-state index contributed by atoms with van der Waals surface area (Å²) in [7, 11) is 0. The highest BCUT2D eigenvalue weighted by Crippen LogP contribution is 2.22. The van der Waals surface area contributed by atoms with Crippen LogP contribution < -0.4 is 0 Å². The molecule has 0 amide bonds. The number of pyridine rings is 1. The van der Waals surface area contributed by atoms with Gasteiger partial charge in [-0.2, -0.15) is 0 Å². The Hall–Kier alpha value is -2.16. The predicted molar refractivity (Wildman–Crippen MR) is 61.4 cm³/mol. The summed E-state index contributed by atoms with van der Waals surface area (Å²) in [5.41, 5.74) is 2.96. The number of nitrogens with zero attached hydrogens (tertiary/aromatic N) is 1. The van der Waals surface area contributed by atoms with Crippen molar-refractivity contribution in [3.8, 4) is 11.3 Å². The van der Waals surface area contributed by atoms with Crippen molar-refractivity contribution in [3.05, 3.63) is 53.7 Å². The second-order valence-electron chi connectivity index (χ2n) is 3.55. The summed E-state index contributed by atoms with van der Waals surface area (Å²) in [6, 6.07) is 10.6. The van der Waals surface area contributed by atoms with Gasteiger partial charge in [0.25, 0.3) is 0 Å². The number of carboxylic acids is 1. The maximum absolute atomic E-state index is 10.9. The summed E-state index contributed by atoms with van der Waals surface area (Å²) in [4.78, 5) is 15.1. The molecule has 3 nitrogen and oxygen atoms in total. The average Bonchev–Trinajstić information content (AvgIpc) is 2.30. The molecule has 1 aromatic heterocycles. The van der Waals surface area contributed by atoms with E-state index in [1.165, 1.54) is 0 Å². The fraction of sp³-hybridized carbons (Fsp3) is 0.0769. The number of rotatable bonds is 2. The first-order valence-electron chi connectivity index (χ1n) is 4.94. The minimum absolute atomic E-state index is 0.284. The summed E-state index contributed by atoms with van der Waals surface area (Å²) in [6.45, 7) is 1.94. The quantitative estimate of drug-likeness (QED) is 0.834. The highest BCUT2D eigenvalue weighted by atomic mass is 16.4. The van der Waals surface area contributed by atoms with Crippen LogP contribution in [0.3, 0.4) is 0 Å². The van der Waals surface area contributed by atoms with E-state index in [4.69, 9.17) is 5.11 Å². The van der Waals surface area contributed by atoms with E-state index >= 15 is 0 Å². The van der Waals surface area contributed by atoms with Crippen LogP contribution in [0, 0.1) is 6.92 Å². The molecule has 2 aromatic rings. The molecule has 0 aliphatic rings. The topological polar surface area (TPSA) is 50.2 Å². The highest BCUT2D eigenvalue weighted by molar-refractivity contribution is 5.89. The maximum atomic E-state index is 10.9. The largest absolute Gasteiger partial charge is 0.478 e. The molecular formula is C13H11NO2. The normalized spacial score (nSPS) is 10.1. The van der Waals surface area contributed by atoms with E-state index in [1.54, 1.807) is 24.4 Å². The van der Waals surface area contributed by atoms with Gasteiger partial charge in [-0.25, -0.2) is 4.79 Å². The van der Waals surface area contributed by atoms with E-state index in [2.05, 4.69) is 4.98 Å². The zero-order valence-electron chi connectivity index (χ0n) is 8.84. The van der Waals surface area contributed by atoms with Gasteiger partial charge in [-0.1, -0.05) is 12.1 Å². The van der Waals surface area contributed by atoms with Gasteiger partial charge in [0.05, 0.1) is 11.3 Å². The minimum Gasteiger partial charge on any atom is -0.478 e. The third kappa shape index (κ3) is 1.93. The monoisotopic (exact) mass is 213 g/mol. The van der Waals surface area contributed by atoms with E-state index in [9.17, 15) is 4.79 Å². The van der Waals surface area contributed by atoms with Gasteiger partial charge < -0.3 is 5.11 Å². The van der Waals surface area contributed by atoms with Gasteiger partial charge >= 0.3 is 5.97 Å². The van der Waals surface area contributed by atoms with Crippen LogP contribution in [0.1, 0.15) is 15.9 Å². The Balaban J connectivity index is 2.56. The predicted octanol–water partition coefficient (Wildman–Crippen LogP) is 2.76. The molecule has 1 N–H and O–H groups in total. The van der Waals surface area contributed by atoms with E-state index in [0.29, 0.717) is 0 Å². The smallest absolute Gasteiger partial charge is 0.335 e. The third-order valence-electron chi connectivity index (χ3n) is 2.43. The van der Waals surface area contributed by atoms with Gasteiger partial charge in [-0.3, -0.25) is 4.98 Å². The molecule has 0 bridgehead atoms. The molecule has 1 heterocycles. The number of aromatic carboxylic acids is 1. The van der Waals surface area contributed by atoms with Crippen LogP contribution in [0.15, 0.2) is 42.6 Å². The number of benzene rings is 1. The summed E-state index contributed by atoms with van der Waals surface area (Å²) in [5.74, 6) is -0.919. The van der Waals surface area contributed by atoms with Crippen molar-refractivity contribution in [2.24, 2.45) is 0 Å². The Morgan fingerprint density at radius 1 is 1.25 bits per heavy atom. The van der Waals surface area contributed by atoms with Crippen molar-refractivity contribution in [3.63, 3.8) is 0 Å². The van der Waals surface area contributed by atoms with Gasteiger partial charge in [0.15, 0.2) is 0 Å². The number of carbonyl (C=O) groups is 1. The lowest BCUT2D eigenvalue weighted by atomic mass is 10.0.